The van der Waals surface area contributed by atoms with E-state index >= 15 is 0 Å². The van der Waals surface area contributed by atoms with E-state index in [1.165, 1.54) is 11.8 Å². The highest BCUT2D eigenvalue weighted by Crippen LogP contribution is 2.26. The molecule has 1 aromatic carbocycles. The third kappa shape index (κ3) is 6.09. The summed E-state index contributed by atoms with van der Waals surface area (Å²) in [5.41, 5.74) is 0. The molecule has 116 valence electrons. The number of hydrogen-bond acceptors (Lipinski definition) is 3. The molecule has 4 nitrogen and oxygen atoms in total. The Kier molecular flexibility index (Phi) is 7.25. The minimum atomic E-state index is -0.887. The maximum absolute atomic E-state index is 12.5. The Hall–Kier alpha value is -1.01. The van der Waals surface area contributed by atoms with Gasteiger partial charge in [-0.05, 0) is 45.0 Å². The Morgan fingerprint density at radius 3 is 2.29 bits per heavy atom. The summed E-state index contributed by atoms with van der Waals surface area (Å²) in [6.45, 7) is 5.90. The number of carbonyl (C=O) groups excluding carboxylic acids is 1. The van der Waals surface area contributed by atoms with Gasteiger partial charge in [-0.2, -0.15) is 0 Å². The Bertz CT molecular complexity index is 490. The van der Waals surface area contributed by atoms with Gasteiger partial charge in [0, 0.05) is 22.0 Å². The second-order valence-electron chi connectivity index (χ2n) is 4.98. The first-order valence-electron chi connectivity index (χ1n) is 6.75. The van der Waals surface area contributed by atoms with Crippen LogP contribution in [0, 0.1) is 0 Å². The number of halogens is 1. The summed E-state index contributed by atoms with van der Waals surface area (Å²) in [6.07, 6.45) is -0.0282. The van der Waals surface area contributed by atoms with E-state index < -0.39 is 5.97 Å². The Balaban J connectivity index is 2.68. The molecule has 0 bridgehead atoms. The summed E-state index contributed by atoms with van der Waals surface area (Å²) < 4.78 is 0.996. The maximum Gasteiger partial charge on any atom is 0.305 e. The molecule has 1 amide bonds. The van der Waals surface area contributed by atoms with Gasteiger partial charge < -0.3 is 10.0 Å². The van der Waals surface area contributed by atoms with E-state index in [1.807, 2.05) is 45.0 Å². The third-order valence-electron chi connectivity index (χ3n) is 2.95. The summed E-state index contributed by atoms with van der Waals surface area (Å²) in [5, 5.41) is 8.53. The van der Waals surface area contributed by atoms with Gasteiger partial charge in [0.05, 0.1) is 11.7 Å². The van der Waals surface area contributed by atoms with Crippen LogP contribution in [-0.2, 0) is 9.59 Å². The molecule has 0 spiro atoms. The van der Waals surface area contributed by atoms with Crippen molar-refractivity contribution in [1.29, 1.82) is 0 Å². The van der Waals surface area contributed by atoms with Gasteiger partial charge in [0.1, 0.15) is 0 Å². The van der Waals surface area contributed by atoms with Crippen molar-refractivity contribution in [2.45, 2.75) is 43.4 Å². The molecule has 6 heteroatoms. The maximum atomic E-state index is 12.5. The molecule has 0 heterocycles. The fraction of sp³-hybridized carbons (Fsp3) is 0.467. The average molecular weight is 374 g/mol. The monoisotopic (exact) mass is 373 g/mol. The number of benzene rings is 1. The zero-order valence-electron chi connectivity index (χ0n) is 12.4. The van der Waals surface area contributed by atoms with Crippen LogP contribution in [0.3, 0.4) is 0 Å². The van der Waals surface area contributed by atoms with Crippen LogP contribution in [0.5, 0.6) is 0 Å². The van der Waals surface area contributed by atoms with Crippen LogP contribution in [0.2, 0.25) is 0 Å². The van der Waals surface area contributed by atoms with Crippen molar-refractivity contribution in [1.82, 2.24) is 4.90 Å². The summed E-state index contributed by atoms with van der Waals surface area (Å²) in [4.78, 5) is 25.8. The zero-order chi connectivity index (χ0) is 16.0. The minimum absolute atomic E-state index is 0.00943. The molecule has 0 radical (unpaired) electrons. The highest BCUT2D eigenvalue weighted by atomic mass is 79.9. The number of carboxylic acid groups (broad SMARTS) is 1. The Morgan fingerprint density at radius 1 is 1.24 bits per heavy atom. The standard InChI is InChI=1S/C15H20BrNO3S/c1-10(2)17(9-8-14(18)19)15(20)11(3)21-13-6-4-12(16)5-7-13/h4-7,10-11H,8-9H2,1-3H3,(H,18,19). The number of carboxylic acids is 1. The normalized spacial score (nSPS) is 12.2. The van der Waals surface area contributed by atoms with Gasteiger partial charge in [-0.3, -0.25) is 9.59 Å². The first kappa shape index (κ1) is 18.0. The van der Waals surface area contributed by atoms with E-state index in [1.54, 1.807) is 4.90 Å². The molecule has 0 aliphatic carbocycles. The van der Waals surface area contributed by atoms with Crippen LogP contribution in [0.4, 0.5) is 0 Å². The summed E-state index contributed by atoms with van der Waals surface area (Å²) in [5.74, 6) is -0.916. The van der Waals surface area contributed by atoms with Gasteiger partial charge in [-0.1, -0.05) is 15.9 Å². The Morgan fingerprint density at radius 2 is 1.81 bits per heavy atom. The average Bonchev–Trinajstić information content (AvgIpc) is 2.40. The molecule has 0 fully saturated rings. The quantitative estimate of drug-likeness (QED) is 0.741. The van der Waals surface area contributed by atoms with Crippen LogP contribution in [0.15, 0.2) is 33.6 Å². The van der Waals surface area contributed by atoms with Crippen molar-refractivity contribution in [2.24, 2.45) is 0 Å². The van der Waals surface area contributed by atoms with Crippen molar-refractivity contribution >= 4 is 39.6 Å². The van der Waals surface area contributed by atoms with Crippen LogP contribution in [0.1, 0.15) is 27.2 Å². The van der Waals surface area contributed by atoms with Gasteiger partial charge in [0.15, 0.2) is 0 Å². The second kappa shape index (κ2) is 8.44. The van der Waals surface area contributed by atoms with Crippen molar-refractivity contribution in [3.05, 3.63) is 28.7 Å². The molecule has 0 aliphatic rings. The molecule has 1 atom stereocenters. The predicted molar refractivity (Wildman–Crippen MR) is 88.6 cm³/mol. The first-order chi connectivity index (χ1) is 9.81. The van der Waals surface area contributed by atoms with E-state index in [-0.39, 0.29) is 30.2 Å². The molecule has 0 saturated carbocycles. The lowest BCUT2D eigenvalue weighted by Gasteiger charge is -2.28. The number of hydrogen-bond donors (Lipinski definition) is 1. The van der Waals surface area contributed by atoms with E-state index in [0.29, 0.717) is 0 Å². The lowest BCUT2D eigenvalue weighted by molar-refractivity contribution is -0.138. The van der Waals surface area contributed by atoms with Crippen molar-refractivity contribution < 1.29 is 14.7 Å². The number of thioether (sulfide) groups is 1. The van der Waals surface area contributed by atoms with Gasteiger partial charge >= 0.3 is 5.97 Å². The molecular formula is C15H20BrNO3S. The number of aliphatic carboxylic acids is 1. The lowest BCUT2D eigenvalue weighted by Crippen LogP contribution is -2.42. The van der Waals surface area contributed by atoms with Crippen molar-refractivity contribution in [3.8, 4) is 0 Å². The number of rotatable bonds is 7. The van der Waals surface area contributed by atoms with E-state index in [0.717, 1.165) is 9.37 Å². The fourth-order valence-corrected chi connectivity index (χ4v) is 3.04. The Labute approximate surface area is 138 Å². The summed E-state index contributed by atoms with van der Waals surface area (Å²) in [6, 6.07) is 7.77. The molecule has 1 unspecified atom stereocenters. The van der Waals surface area contributed by atoms with E-state index in [4.69, 9.17) is 5.11 Å². The molecular weight excluding hydrogens is 354 g/mol. The van der Waals surface area contributed by atoms with Crippen LogP contribution >= 0.6 is 27.7 Å². The third-order valence-corrected chi connectivity index (χ3v) is 4.58. The summed E-state index contributed by atoms with van der Waals surface area (Å²) in [7, 11) is 0. The molecule has 0 aliphatic heterocycles. The smallest absolute Gasteiger partial charge is 0.305 e. The largest absolute Gasteiger partial charge is 0.481 e. The number of nitrogens with zero attached hydrogens (tertiary/aromatic N) is 1. The second-order valence-corrected chi connectivity index (χ2v) is 7.31. The molecule has 0 saturated heterocycles. The molecule has 1 rings (SSSR count). The molecule has 21 heavy (non-hydrogen) atoms. The fourth-order valence-electron chi connectivity index (χ4n) is 1.84. The van der Waals surface area contributed by atoms with Crippen LogP contribution in [0.25, 0.3) is 0 Å². The highest BCUT2D eigenvalue weighted by Gasteiger charge is 2.24. The molecule has 1 aromatic rings. The van der Waals surface area contributed by atoms with Gasteiger partial charge in [-0.15, -0.1) is 11.8 Å². The highest BCUT2D eigenvalue weighted by molar-refractivity contribution is 9.10. The molecule has 1 N–H and O–H groups in total. The van der Waals surface area contributed by atoms with E-state index in [2.05, 4.69) is 15.9 Å². The van der Waals surface area contributed by atoms with Crippen LogP contribution in [-0.4, -0.2) is 39.7 Å². The lowest BCUT2D eigenvalue weighted by atomic mass is 10.2. The number of amides is 1. The van der Waals surface area contributed by atoms with Gasteiger partial charge in [0.2, 0.25) is 5.91 Å². The van der Waals surface area contributed by atoms with Gasteiger partial charge in [0.25, 0.3) is 0 Å². The zero-order valence-corrected chi connectivity index (χ0v) is 14.8. The SMILES string of the molecule is CC(Sc1ccc(Br)cc1)C(=O)N(CCC(=O)O)C(C)C. The van der Waals surface area contributed by atoms with Gasteiger partial charge in [-0.25, -0.2) is 0 Å². The number of carbonyl (C=O) groups is 2. The summed E-state index contributed by atoms with van der Waals surface area (Å²) >= 11 is 4.86. The van der Waals surface area contributed by atoms with E-state index in [9.17, 15) is 9.59 Å². The molecule has 0 aromatic heterocycles. The van der Waals surface area contributed by atoms with Crippen molar-refractivity contribution in [3.63, 3.8) is 0 Å². The minimum Gasteiger partial charge on any atom is -0.481 e. The first-order valence-corrected chi connectivity index (χ1v) is 8.43. The topological polar surface area (TPSA) is 57.6 Å². The predicted octanol–water partition coefficient (Wildman–Crippen LogP) is 3.64. The van der Waals surface area contributed by atoms with Crippen LogP contribution < -0.4 is 0 Å². The van der Waals surface area contributed by atoms with Crippen molar-refractivity contribution in [2.75, 3.05) is 6.54 Å².